The van der Waals surface area contributed by atoms with Gasteiger partial charge in [-0.05, 0) is 29.7 Å². The smallest absolute Gasteiger partial charge is 0.229 e. The Morgan fingerprint density at radius 2 is 2.10 bits per heavy atom. The molecule has 1 aromatic heterocycles. The van der Waals surface area contributed by atoms with Crippen LogP contribution in [0.2, 0.25) is 0 Å². The summed E-state index contributed by atoms with van der Waals surface area (Å²) in [5.41, 5.74) is 2.58. The second-order valence-electron chi connectivity index (χ2n) is 7.37. The van der Waals surface area contributed by atoms with Gasteiger partial charge in [0.1, 0.15) is 6.61 Å². The van der Waals surface area contributed by atoms with Crippen LogP contribution in [0, 0.1) is 5.92 Å². The van der Waals surface area contributed by atoms with Gasteiger partial charge in [0.15, 0.2) is 0 Å². The molecule has 154 valence electrons. The third-order valence-electron chi connectivity index (χ3n) is 4.89. The van der Waals surface area contributed by atoms with Crippen LogP contribution in [0.1, 0.15) is 31.7 Å². The van der Waals surface area contributed by atoms with E-state index in [0.29, 0.717) is 37.2 Å². The fraction of sp³-hybridized carbons (Fsp3) is 0.409. The van der Waals surface area contributed by atoms with E-state index in [1.807, 2.05) is 18.2 Å². The Bertz CT molecular complexity index is 851. The first kappa shape index (κ1) is 20.8. The van der Waals surface area contributed by atoms with Crippen LogP contribution in [-0.4, -0.2) is 43.7 Å². The van der Waals surface area contributed by atoms with Gasteiger partial charge in [-0.2, -0.15) is 0 Å². The molecule has 0 saturated carbocycles. The molecule has 0 bridgehead atoms. The van der Waals surface area contributed by atoms with Crippen LogP contribution in [0.15, 0.2) is 42.6 Å². The number of ether oxygens (including phenoxy) is 2. The zero-order valence-corrected chi connectivity index (χ0v) is 17.1. The van der Waals surface area contributed by atoms with Crippen molar-refractivity contribution in [2.45, 2.75) is 26.2 Å². The van der Waals surface area contributed by atoms with Gasteiger partial charge in [-0.15, -0.1) is 0 Å². The maximum absolute atomic E-state index is 12.6. The van der Waals surface area contributed by atoms with Crippen molar-refractivity contribution in [2.24, 2.45) is 5.92 Å². The summed E-state index contributed by atoms with van der Waals surface area (Å²) in [5.74, 6) is 0.220. The zero-order valence-electron chi connectivity index (χ0n) is 17.1. The normalized spacial score (nSPS) is 16.3. The minimum atomic E-state index is -0.400. The molecular weight excluding hydrogens is 370 g/mol. The Kier molecular flexibility index (Phi) is 6.82. The van der Waals surface area contributed by atoms with E-state index in [9.17, 15) is 9.59 Å². The van der Waals surface area contributed by atoms with Crippen molar-refractivity contribution in [1.29, 1.82) is 0 Å². The highest BCUT2D eigenvalue weighted by atomic mass is 16.5. The topological polar surface area (TPSA) is 80.8 Å². The van der Waals surface area contributed by atoms with Gasteiger partial charge < -0.3 is 19.7 Å². The monoisotopic (exact) mass is 397 g/mol. The molecule has 1 aromatic carbocycles. The van der Waals surface area contributed by atoms with Crippen molar-refractivity contribution in [1.82, 2.24) is 4.98 Å². The molecule has 1 saturated heterocycles. The van der Waals surface area contributed by atoms with Crippen LogP contribution in [0.25, 0.3) is 0 Å². The summed E-state index contributed by atoms with van der Waals surface area (Å²) in [6.45, 7) is 5.49. The molecule has 1 atom stereocenters. The molecule has 7 nitrogen and oxygen atoms in total. The number of nitrogens with zero attached hydrogens (tertiary/aromatic N) is 2. The molecule has 2 aromatic rings. The number of hydrogen-bond donors (Lipinski definition) is 1. The summed E-state index contributed by atoms with van der Waals surface area (Å²) in [7, 11) is 1.60. The van der Waals surface area contributed by atoms with Gasteiger partial charge in [0.2, 0.25) is 17.7 Å². The molecule has 0 radical (unpaired) electrons. The molecule has 0 aliphatic carbocycles. The van der Waals surface area contributed by atoms with Gasteiger partial charge in [-0.25, -0.2) is 4.98 Å². The average molecular weight is 397 g/mol. The summed E-state index contributed by atoms with van der Waals surface area (Å²) >= 11 is 0. The number of nitrogens with one attached hydrogen (secondary N) is 1. The molecule has 2 heterocycles. The quantitative estimate of drug-likeness (QED) is 0.692. The molecule has 2 amide bonds. The van der Waals surface area contributed by atoms with Gasteiger partial charge in [-0.3, -0.25) is 9.59 Å². The first-order chi connectivity index (χ1) is 14.0. The number of methoxy groups -OCH3 is 1. The van der Waals surface area contributed by atoms with Crippen molar-refractivity contribution in [2.75, 3.05) is 37.1 Å². The number of benzene rings is 1. The average Bonchev–Trinajstić information content (AvgIpc) is 3.11. The molecule has 1 aliphatic rings. The molecule has 0 spiro atoms. The van der Waals surface area contributed by atoms with E-state index in [-0.39, 0.29) is 18.2 Å². The van der Waals surface area contributed by atoms with Gasteiger partial charge >= 0.3 is 0 Å². The Hall–Kier alpha value is -2.93. The highest BCUT2D eigenvalue weighted by Crippen LogP contribution is 2.28. The Labute approximate surface area is 171 Å². The number of amides is 2. The number of hydrogen-bond acceptors (Lipinski definition) is 5. The van der Waals surface area contributed by atoms with Gasteiger partial charge in [-0.1, -0.05) is 26.0 Å². The molecule has 1 aliphatic heterocycles. The van der Waals surface area contributed by atoms with Crippen molar-refractivity contribution in [3.8, 4) is 5.88 Å². The van der Waals surface area contributed by atoms with E-state index >= 15 is 0 Å². The largest absolute Gasteiger partial charge is 0.475 e. The fourth-order valence-electron chi connectivity index (χ4n) is 3.20. The second-order valence-corrected chi connectivity index (χ2v) is 7.37. The van der Waals surface area contributed by atoms with Crippen molar-refractivity contribution >= 4 is 23.2 Å². The van der Waals surface area contributed by atoms with Crippen molar-refractivity contribution in [3.63, 3.8) is 0 Å². The van der Waals surface area contributed by atoms with E-state index in [1.165, 1.54) is 5.56 Å². The predicted octanol–water partition coefficient (Wildman–Crippen LogP) is 3.22. The minimum Gasteiger partial charge on any atom is -0.475 e. The molecule has 1 N–H and O–H groups in total. The number of carbonyl (C=O) groups is 2. The molecule has 1 unspecified atom stereocenters. The van der Waals surface area contributed by atoms with Crippen molar-refractivity contribution in [3.05, 3.63) is 48.2 Å². The van der Waals surface area contributed by atoms with Crippen LogP contribution in [0.4, 0.5) is 11.4 Å². The van der Waals surface area contributed by atoms with Gasteiger partial charge in [0.25, 0.3) is 0 Å². The van der Waals surface area contributed by atoms with E-state index < -0.39 is 5.92 Å². The van der Waals surface area contributed by atoms with E-state index in [1.54, 1.807) is 30.3 Å². The number of rotatable bonds is 8. The van der Waals surface area contributed by atoms with E-state index in [0.717, 1.165) is 5.69 Å². The Morgan fingerprint density at radius 1 is 1.28 bits per heavy atom. The fourth-order valence-corrected chi connectivity index (χ4v) is 3.20. The van der Waals surface area contributed by atoms with Gasteiger partial charge in [0, 0.05) is 31.8 Å². The first-order valence-corrected chi connectivity index (χ1v) is 9.77. The lowest BCUT2D eigenvalue weighted by atomic mass is 10.0. The highest BCUT2D eigenvalue weighted by Gasteiger charge is 2.35. The van der Waals surface area contributed by atoms with Crippen LogP contribution in [0.5, 0.6) is 5.88 Å². The van der Waals surface area contributed by atoms with Gasteiger partial charge in [0.05, 0.1) is 24.4 Å². The third kappa shape index (κ3) is 5.32. The van der Waals surface area contributed by atoms with Crippen LogP contribution < -0.4 is 15.0 Å². The summed E-state index contributed by atoms with van der Waals surface area (Å²) in [6.07, 6.45) is 1.74. The number of carbonyl (C=O) groups excluding carboxylic acids is 2. The molecule has 29 heavy (non-hydrogen) atoms. The first-order valence-electron chi connectivity index (χ1n) is 9.77. The number of aromatic nitrogens is 1. The zero-order chi connectivity index (χ0) is 20.8. The van der Waals surface area contributed by atoms with Crippen LogP contribution in [0.3, 0.4) is 0 Å². The highest BCUT2D eigenvalue weighted by molar-refractivity contribution is 6.03. The lowest BCUT2D eigenvalue weighted by Gasteiger charge is -2.18. The number of pyridine rings is 1. The lowest BCUT2D eigenvalue weighted by Crippen LogP contribution is -2.28. The summed E-state index contributed by atoms with van der Waals surface area (Å²) in [4.78, 5) is 31.0. The molecular formula is C22H27N3O4. The maximum Gasteiger partial charge on any atom is 0.229 e. The Balaban J connectivity index is 1.59. The maximum atomic E-state index is 12.6. The van der Waals surface area contributed by atoms with E-state index in [2.05, 4.69) is 30.2 Å². The van der Waals surface area contributed by atoms with Crippen LogP contribution in [-0.2, 0) is 14.3 Å². The lowest BCUT2D eigenvalue weighted by molar-refractivity contribution is -0.122. The standard InChI is InChI=1S/C22H27N3O4/c1-15(2)16-5-4-6-19(11-16)25-14-17(12-21(25)26)22(27)24-18-7-8-20(23-13-18)29-10-9-28-3/h4-8,11,13,15,17H,9-10,12,14H2,1-3H3,(H,24,27). The van der Waals surface area contributed by atoms with Crippen LogP contribution >= 0.6 is 0 Å². The molecule has 3 rings (SSSR count). The molecule has 7 heteroatoms. The summed E-state index contributed by atoms with van der Waals surface area (Å²) in [6, 6.07) is 11.4. The number of anilines is 2. The SMILES string of the molecule is COCCOc1ccc(NC(=O)C2CC(=O)N(c3cccc(C(C)C)c3)C2)cn1. The summed E-state index contributed by atoms with van der Waals surface area (Å²) < 4.78 is 10.3. The Morgan fingerprint density at radius 3 is 2.79 bits per heavy atom. The third-order valence-corrected chi connectivity index (χ3v) is 4.89. The van der Waals surface area contributed by atoms with Crippen molar-refractivity contribution < 1.29 is 19.1 Å². The summed E-state index contributed by atoms with van der Waals surface area (Å²) in [5, 5.41) is 2.84. The molecule has 1 fully saturated rings. The second kappa shape index (κ2) is 9.52. The van der Waals surface area contributed by atoms with E-state index in [4.69, 9.17) is 9.47 Å². The predicted molar refractivity (Wildman–Crippen MR) is 111 cm³/mol. The minimum absolute atomic E-state index is 0.0360.